The Labute approximate surface area is 122 Å². The SMILES string of the molecule is Cn1c(C(=O)O)c(CC(=O)N2CCCC2)c2ccccc21. The minimum atomic E-state index is -0.988. The minimum Gasteiger partial charge on any atom is -0.477 e. The number of fused-ring (bicyclic) bond motifs is 1. The molecule has 1 saturated heterocycles. The molecule has 1 aromatic heterocycles. The summed E-state index contributed by atoms with van der Waals surface area (Å²) < 4.78 is 1.66. The third-order valence-electron chi connectivity index (χ3n) is 4.20. The van der Waals surface area contributed by atoms with Crippen LogP contribution in [-0.4, -0.2) is 39.5 Å². The van der Waals surface area contributed by atoms with E-state index in [2.05, 4.69) is 0 Å². The molecule has 0 aliphatic carbocycles. The maximum Gasteiger partial charge on any atom is 0.352 e. The van der Waals surface area contributed by atoms with Gasteiger partial charge in [0.1, 0.15) is 5.69 Å². The number of hydrogen-bond acceptors (Lipinski definition) is 2. The Morgan fingerprint density at radius 3 is 2.52 bits per heavy atom. The van der Waals surface area contributed by atoms with Gasteiger partial charge in [0.05, 0.1) is 6.42 Å². The number of benzene rings is 1. The van der Waals surface area contributed by atoms with Crippen molar-refractivity contribution in [1.82, 2.24) is 9.47 Å². The van der Waals surface area contributed by atoms with E-state index in [-0.39, 0.29) is 18.0 Å². The maximum absolute atomic E-state index is 12.4. The number of amides is 1. The normalized spacial score (nSPS) is 14.8. The van der Waals surface area contributed by atoms with E-state index < -0.39 is 5.97 Å². The third-order valence-corrected chi connectivity index (χ3v) is 4.20. The van der Waals surface area contributed by atoms with Crippen molar-refractivity contribution in [2.75, 3.05) is 13.1 Å². The molecule has 2 heterocycles. The number of hydrogen-bond donors (Lipinski definition) is 1. The molecule has 1 aromatic carbocycles. The molecule has 21 heavy (non-hydrogen) atoms. The highest BCUT2D eigenvalue weighted by atomic mass is 16.4. The molecule has 5 heteroatoms. The summed E-state index contributed by atoms with van der Waals surface area (Å²) in [5, 5.41) is 10.3. The van der Waals surface area contributed by atoms with E-state index in [4.69, 9.17) is 0 Å². The molecule has 0 unspecified atom stereocenters. The van der Waals surface area contributed by atoms with Crippen molar-refractivity contribution in [3.8, 4) is 0 Å². The molecule has 0 radical (unpaired) electrons. The summed E-state index contributed by atoms with van der Waals surface area (Å²) in [6.45, 7) is 1.57. The lowest BCUT2D eigenvalue weighted by atomic mass is 10.1. The minimum absolute atomic E-state index is 0.0198. The first kappa shape index (κ1) is 13.7. The zero-order valence-electron chi connectivity index (χ0n) is 12.0. The molecule has 1 amide bonds. The van der Waals surface area contributed by atoms with Crippen LogP contribution in [0.3, 0.4) is 0 Å². The summed E-state index contributed by atoms with van der Waals surface area (Å²) in [6.07, 6.45) is 2.23. The number of carbonyl (C=O) groups excluding carboxylic acids is 1. The molecule has 0 bridgehead atoms. The van der Waals surface area contributed by atoms with Crippen LogP contribution in [0, 0.1) is 0 Å². The molecular weight excluding hydrogens is 268 g/mol. The van der Waals surface area contributed by atoms with Crippen molar-refractivity contribution in [3.63, 3.8) is 0 Å². The standard InChI is InChI=1S/C16H18N2O3/c1-17-13-7-3-2-6-11(13)12(15(17)16(20)21)10-14(19)18-8-4-5-9-18/h2-3,6-7H,4-5,8-10H2,1H3,(H,20,21). The fourth-order valence-corrected chi connectivity index (χ4v) is 3.15. The van der Waals surface area contributed by atoms with Gasteiger partial charge in [0.2, 0.25) is 5.91 Å². The van der Waals surface area contributed by atoms with Crippen molar-refractivity contribution in [2.24, 2.45) is 7.05 Å². The van der Waals surface area contributed by atoms with Crippen LogP contribution in [-0.2, 0) is 18.3 Å². The van der Waals surface area contributed by atoms with Gasteiger partial charge in [-0.1, -0.05) is 18.2 Å². The predicted molar refractivity (Wildman–Crippen MR) is 79.4 cm³/mol. The van der Waals surface area contributed by atoms with Crippen LogP contribution in [0.4, 0.5) is 0 Å². The Bertz CT molecular complexity index is 712. The van der Waals surface area contributed by atoms with Crippen LogP contribution in [0.25, 0.3) is 10.9 Å². The van der Waals surface area contributed by atoms with Crippen LogP contribution in [0.5, 0.6) is 0 Å². The molecule has 0 spiro atoms. The lowest BCUT2D eigenvalue weighted by Gasteiger charge is -2.15. The zero-order valence-corrected chi connectivity index (χ0v) is 12.0. The van der Waals surface area contributed by atoms with E-state index in [9.17, 15) is 14.7 Å². The monoisotopic (exact) mass is 286 g/mol. The summed E-state index contributed by atoms with van der Waals surface area (Å²) in [5.41, 5.74) is 1.68. The highest BCUT2D eigenvalue weighted by Crippen LogP contribution is 2.26. The number of para-hydroxylation sites is 1. The average molecular weight is 286 g/mol. The number of aryl methyl sites for hydroxylation is 1. The van der Waals surface area contributed by atoms with Gasteiger partial charge in [0.15, 0.2) is 0 Å². The van der Waals surface area contributed by atoms with Crippen LogP contribution in [0.2, 0.25) is 0 Å². The molecule has 5 nitrogen and oxygen atoms in total. The number of nitrogens with zero attached hydrogens (tertiary/aromatic N) is 2. The Kier molecular flexibility index (Phi) is 3.41. The van der Waals surface area contributed by atoms with Crippen molar-refractivity contribution in [1.29, 1.82) is 0 Å². The number of rotatable bonds is 3. The first-order valence-corrected chi connectivity index (χ1v) is 7.17. The quantitative estimate of drug-likeness (QED) is 0.939. The fraction of sp³-hybridized carbons (Fsp3) is 0.375. The Hall–Kier alpha value is -2.30. The number of carbonyl (C=O) groups is 2. The van der Waals surface area contributed by atoms with E-state index >= 15 is 0 Å². The van der Waals surface area contributed by atoms with Gasteiger partial charge in [-0.15, -0.1) is 0 Å². The lowest BCUT2D eigenvalue weighted by Crippen LogP contribution is -2.29. The van der Waals surface area contributed by atoms with Crippen molar-refractivity contribution in [2.45, 2.75) is 19.3 Å². The van der Waals surface area contributed by atoms with E-state index in [0.717, 1.165) is 36.8 Å². The molecule has 1 N–H and O–H groups in total. The molecule has 1 fully saturated rings. The van der Waals surface area contributed by atoms with E-state index in [1.165, 1.54) is 0 Å². The Morgan fingerprint density at radius 2 is 1.86 bits per heavy atom. The lowest BCUT2D eigenvalue weighted by molar-refractivity contribution is -0.129. The number of aromatic carboxylic acids is 1. The first-order chi connectivity index (χ1) is 10.1. The number of aromatic nitrogens is 1. The van der Waals surface area contributed by atoms with Crippen molar-refractivity contribution >= 4 is 22.8 Å². The molecule has 1 aliphatic rings. The topological polar surface area (TPSA) is 62.5 Å². The molecule has 110 valence electrons. The largest absolute Gasteiger partial charge is 0.477 e. The summed E-state index contributed by atoms with van der Waals surface area (Å²) >= 11 is 0. The maximum atomic E-state index is 12.4. The van der Waals surface area contributed by atoms with E-state index in [1.807, 2.05) is 29.2 Å². The third kappa shape index (κ3) is 2.28. The van der Waals surface area contributed by atoms with Gasteiger partial charge >= 0.3 is 5.97 Å². The summed E-state index contributed by atoms with van der Waals surface area (Å²) in [6, 6.07) is 7.51. The zero-order chi connectivity index (χ0) is 15.0. The molecule has 0 saturated carbocycles. The number of carboxylic acid groups (broad SMARTS) is 1. The van der Waals surface area contributed by atoms with E-state index in [1.54, 1.807) is 11.6 Å². The number of likely N-dealkylation sites (tertiary alicyclic amines) is 1. The van der Waals surface area contributed by atoms with Crippen molar-refractivity contribution < 1.29 is 14.7 Å². The average Bonchev–Trinajstić information content (AvgIpc) is 3.07. The molecule has 3 rings (SSSR count). The van der Waals surface area contributed by atoms with Gasteiger partial charge in [-0.2, -0.15) is 0 Å². The second-order valence-corrected chi connectivity index (χ2v) is 5.47. The van der Waals surface area contributed by atoms with Gasteiger partial charge < -0.3 is 14.6 Å². The van der Waals surface area contributed by atoms with Crippen LogP contribution in [0.15, 0.2) is 24.3 Å². The van der Waals surface area contributed by atoms with Gasteiger partial charge in [-0.05, 0) is 18.9 Å². The van der Waals surface area contributed by atoms with Gasteiger partial charge in [-0.3, -0.25) is 4.79 Å². The highest BCUT2D eigenvalue weighted by Gasteiger charge is 2.25. The first-order valence-electron chi connectivity index (χ1n) is 7.17. The summed E-state index contributed by atoms with van der Waals surface area (Å²) in [5.74, 6) is -0.968. The summed E-state index contributed by atoms with van der Waals surface area (Å²) in [7, 11) is 1.73. The van der Waals surface area contributed by atoms with Crippen LogP contribution < -0.4 is 0 Å². The molecule has 1 aliphatic heterocycles. The number of carboxylic acids is 1. The Morgan fingerprint density at radius 1 is 1.19 bits per heavy atom. The second-order valence-electron chi connectivity index (χ2n) is 5.47. The summed E-state index contributed by atoms with van der Waals surface area (Å²) in [4.78, 5) is 25.8. The second kappa shape index (κ2) is 5.24. The molecular formula is C16H18N2O3. The van der Waals surface area contributed by atoms with Gasteiger partial charge in [0.25, 0.3) is 0 Å². The van der Waals surface area contributed by atoms with Crippen LogP contribution >= 0.6 is 0 Å². The molecule has 0 atom stereocenters. The fourth-order valence-electron chi connectivity index (χ4n) is 3.15. The van der Waals surface area contributed by atoms with Gasteiger partial charge in [0, 0.05) is 36.6 Å². The van der Waals surface area contributed by atoms with E-state index in [0.29, 0.717) is 5.56 Å². The predicted octanol–water partition coefficient (Wildman–Crippen LogP) is 2.04. The highest BCUT2D eigenvalue weighted by molar-refractivity contribution is 6.00. The molecule has 2 aromatic rings. The Balaban J connectivity index is 2.05. The van der Waals surface area contributed by atoms with Gasteiger partial charge in [-0.25, -0.2) is 4.79 Å². The smallest absolute Gasteiger partial charge is 0.352 e. The van der Waals surface area contributed by atoms with Crippen molar-refractivity contribution in [3.05, 3.63) is 35.5 Å². The van der Waals surface area contributed by atoms with Crippen LogP contribution in [0.1, 0.15) is 28.9 Å².